The van der Waals surface area contributed by atoms with Gasteiger partial charge in [-0.2, -0.15) is 0 Å². The van der Waals surface area contributed by atoms with E-state index in [1.54, 1.807) is 0 Å². The van der Waals surface area contributed by atoms with Crippen molar-refractivity contribution in [3.8, 4) is 0 Å². The SMILES string of the molecule is Cc1cc(C)c2nc(CC(C)C)cc(Cl)c2c1. The van der Waals surface area contributed by atoms with Crippen molar-refractivity contribution in [2.24, 2.45) is 5.92 Å². The Morgan fingerprint density at radius 2 is 1.88 bits per heavy atom. The molecule has 0 aliphatic carbocycles. The number of nitrogens with zero attached hydrogens (tertiary/aromatic N) is 1. The van der Waals surface area contributed by atoms with Gasteiger partial charge in [0, 0.05) is 11.1 Å². The minimum Gasteiger partial charge on any atom is -0.252 e. The van der Waals surface area contributed by atoms with Crippen LogP contribution in [0.2, 0.25) is 5.02 Å². The topological polar surface area (TPSA) is 12.9 Å². The second kappa shape index (κ2) is 4.66. The maximum Gasteiger partial charge on any atom is 0.0749 e. The van der Waals surface area contributed by atoms with E-state index in [4.69, 9.17) is 16.6 Å². The lowest BCUT2D eigenvalue weighted by Crippen LogP contribution is -1.99. The third-order valence-corrected chi connectivity index (χ3v) is 3.18. The maximum atomic E-state index is 6.35. The highest BCUT2D eigenvalue weighted by Gasteiger charge is 2.08. The largest absolute Gasteiger partial charge is 0.252 e. The summed E-state index contributed by atoms with van der Waals surface area (Å²) in [7, 11) is 0. The highest BCUT2D eigenvalue weighted by molar-refractivity contribution is 6.35. The van der Waals surface area contributed by atoms with Crippen LogP contribution in [0.4, 0.5) is 0 Å². The number of fused-ring (bicyclic) bond motifs is 1. The first kappa shape index (κ1) is 12.4. The molecule has 1 aromatic carbocycles. The van der Waals surface area contributed by atoms with Crippen molar-refractivity contribution in [1.82, 2.24) is 4.98 Å². The van der Waals surface area contributed by atoms with E-state index in [1.807, 2.05) is 6.07 Å². The van der Waals surface area contributed by atoms with Gasteiger partial charge < -0.3 is 0 Å². The predicted molar refractivity (Wildman–Crippen MR) is 74.8 cm³/mol. The second-order valence-electron chi connectivity index (χ2n) is 5.17. The van der Waals surface area contributed by atoms with Gasteiger partial charge in [-0.25, -0.2) is 0 Å². The maximum absolute atomic E-state index is 6.35. The molecule has 0 saturated carbocycles. The molecule has 1 aromatic heterocycles. The Kier molecular flexibility index (Phi) is 3.39. The zero-order valence-electron chi connectivity index (χ0n) is 10.8. The third-order valence-electron chi connectivity index (χ3n) is 2.87. The van der Waals surface area contributed by atoms with Crippen LogP contribution < -0.4 is 0 Å². The van der Waals surface area contributed by atoms with Crippen molar-refractivity contribution in [1.29, 1.82) is 0 Å². The van der Waals surface area contributed by atoms with Crippen LogP contribution in [-0.2, 0) is 6.42 Å². The molecule has 0 saturated heterocycles. The van der Waals surface area contributed by atoms with Crippen LogP contribution >= 0.6 is 11.6 Å². The molecule has 2 aromatic rings. The van der Waals surface area contributed by atoms with Crippen LogP contribution in [0.3, 0.4) is 0 Å². The predicted octanol–water partition coefficient (Wildman–Crippen LogP) is 4.70. The van der Waals surface area contributed by atoms with Crippen molar-refractivity contribution in [3.63, 3.8) is 0 Å². The Bertz CT molecular complexity index is 558. The molecule has 1 heterocycles. The molecule has 0 atom stereocenters. The van der Waals surface area contributed by atoms with Gasteiger partial charge in [0.2, 0.25) is 0 Å². The lowest BCUT2D eigenvalue weighted by atomic mass is 10.0. The number of hydrogen-bond donors (Lipinski definition) is 0. The molecule has 0 aliphatic heterocycles. The summed E-state index contributed by atoms with van der Waals surface area (Å²) < 4.78 is 0. The van der Waals surface area contributed by atoms with Crippen LogP contribution in [0.1, 0.15) is 30.7 Å². The van der Waals surface area contributed by atoms with Gasteiger partial charge in [-0.1, -0.05) is 37.1 Å². The van der Waals surface area contributed by atoms with E-state index in [1.165, 1.54) is 11.1 Å². The average Bonchev–Trinajstić information content (AvgIpc) is 2.19. The van der Waals surface area contributed by atoms with Crippen molar-refractivity contribution < 1.29 is 0 Å². The summed E-state index contributed by atoms with van der Waals surface area (Å²) in [6, 6.07) is 6.27. The minimum atomic E-state index is 0.599. The lowest BCUT2D eigenvalue weighted by molar-refractivity contribution is 0.637. The van der Waals surface area contributed by atoms with Gasteiger partial charge in [-0.05, 0) is 43.9 Å². The molecule has 2 rings (SSSR count). The zero-order valence-corrected chi connectivity index (χ0v) is 11.6. The van der Waals surface area contributed by atoms with Crippen molar-refractivity contribution in [3.05, 3.63) is 40.0 Å². The Morgan fingerprint density at radius 1 is 1.18 bits per heavy atom. The van der Waals surface area contributed by atoms with Gasteiger partial charge in [0.05, 0.1) is 10.5 Å². The average molecular weight is 248 g/mol. The third kappa shape index (κ3) is 2.61. The van der Waals surface area contributed by atoms with Gasteiger partial charge in [0.25, 0.3) is 0 Å². The van der Waals surface area contributed by atoms with Crippen LogP contribution in [0.5, 0.6) is 0 Å². The lowest BCUT2D eigenvalue weighted by Gasteiger charge is -2.10. The van der Waals surface area contributed by atoms with Gasteiger partial charge >= 0.3 is 0 Å². The standard InChI is InChI=1S/C15H18ClN/c1-9(2)5-12-8-14(16)13-7-10(3)6-11(4)15(13)17-12/h6-9H,5H2,1-4H3. The summed E-state index contributed by atoms with van der Waals surface area (Å²) in [4.78, 5) is 4.73. The number of halogens is 1. The first-order valence-electron chi connectivity index (χ1n) is 6.03. The monoisotopic (exact) mass is 247 g/mol. The minimum absolute atomic E-state index is 0.599. The molecule has 2 heteroatoms. The van der Waals surface area contributed by atoms with Crippen LogP contribution in [-0.4, -0.2) is 4.98 Å². The highest BCUT2D eigenvalue weighted by Crippen LogP contribution is 2.27. The summed E-state index contributed by atoms with van der Waals surface area (Å²) in [5.41, 5.74) is 4.56. The van der Waals surface area contributed by atoms with E-state index < -0.39 is 0 Å². The second-order valence-corrected chi connectivity index (χ2v) is 5.58. The number of benzene rings is 1. The molecule has 0 aliphatic rings. The Balaban J connectivity index is 2.64. The van der Waals surface area contributed by atoms with Crippen LogP contribution in [0, 0.1) is 19.8 Å². The fourth-order valence-electron chi connectivity index (χ4n) is 2.21. The molecule has 0 spiro atoms. The van der Waals surface area contributed by atoms with E-state index in [9.17, 15) is 0 Å². The summed E-state index contributed by atoms with van der Waals surface area (Å²) in [5, 5.41) is 1.88. The van der Waals surface area contributed by atoms with Gasteiger partial charge in [0.15, 0.2) is 0 Å². The summed E-state index contributed by atoms with van der Waals surface area (Å²) in [6.07, 6.45) is 0.975. The van der Waals surface area contributed by atoms with Crippen LogP contribution in [0.25, 0.3) is 10.9 Å². The summed E-state index contributed by atoms with van der Waals surface area (Å²) in [5.74, 6) is 0.599. The fourth-order valence-corrected chi connectivity index (χ4v) is 2.48. The highest BCUT2D eigenvalue weighted by atomic mass is 35.5. The molecule has 0 radical (unpaired) electrons. The van der Waals surface area contributed by atoms with Gasteiger partial charge in [0.1, 0.15) is 0 Å². The van der Waals surface area contributed by atoms with E-state index in [0.717, 1.165) is 28.0 Å². The number of aryl methyl sites for hydroxylation is 2. The van der Waals surface area contributed by atoms with Crippen LogP contribution in [0.15, 0.2) is 18.2 Å². The van der Waals surface area contributed by atoms with Crippen molar-refractivity contribution >= 4 is 22.5 Å². The molecule has 0 amide bonds. The smallest absolute Gasteiger partial charge is 0.0749 e. The number of pyridine rings is 1. The normalized spacial score (nSPS) is 11.4. The van der Waals surface area contributed by atoms with Gasteiger partial charge in [-0.3, -0.25) is 4.98 Å². The number of aromatic nitrogens is 1. The Hall–Kier alpha value is -1.08. The zero-order chi connectivity index (χ0) is 12.6. The Labute approximate surface area is 108 Å². The van der Waals surface area contributed by atoms with Crippen molar-refractivity contribution in [2.45, 2.75) is 34.1 Å². The molecule has 1 nitrogen and oxygen atoms in total. The fraction of sp³-hybridized carbons (Fsp3) is 0.400. The van der Waals surface area contributed by atoms with E-state index in [0.29, 0.717) is 5.92 Å². The van der Waals surface area contributed by atoms with E-state index in [2.05, 4.69) is 39.8 Å². The van der Waals surface area contributed by atoms with E-state index >= 15 is 0 Å². The molecule has 17 heavy (non-hydrogen) atoms. The summed E-state index contributed by atoms with van der Waals surface area (Å²) >= 11 is 6.35. The molecular formula is C15H18ClN. The number of rotatable bonds is 2. The molecule has 0 bridgehead atoms. The van der Waals surface area contributed by atoms with Gasteiger partial charge in [-0.15, -0.1) is 0 Å². The molecule has 0 N–H and O–H groups in total. The Morgan fingerprint density at radius 3 is 2.53 bits per heavy atom. The molecular weight excluding hydrogens is 230 g/mol. The molecule has 0 unspecified atom stereocenters. The quantitative estimate of drug-likeness (QED) is 0.749. The van der Waals surface area contributed by atoms with E-state index in [-0.39, 0.29) is 0 Å². The van der Waals surface area contributed by atoms with Crippen molar-refractivity contribution in [2.75, 3.05) is 0 Å². The number of hydrogen-bond acceptors (Lipinski definition) is 1. The first-order chi connectivity index (χ1) is 7.97. The molecule has 90 valence electrons. The molecule has 0 fully saturated rings. The summed E-state index contributed by atoms with van der Waals surface area (Å²) in [6.45, 7) is 8.58. The first-order valence-corrected chi connectivity index (χ1v) is 6.41.